The topological polar surface area (TPSA) is 59.1 Å². The molecule has 40 heavy (non-hydrogen) atoms. The molecule has 0 bridgehead atoms. The molecule has 0 aliphatic carbocycles. The number of amides is 2. The molecule has 0 unspecified atom stereocenters. The van der Waals surface area contributed by atoms with E-state index in [0.29, 0.717) is 0 Å². The largest absolute Gasteiger partial charge is 0.428 e. The summed E-state index contributed by atoms with van der Waals surface area (Å²) < 4.78 is 250. The van der Waals surface area contributed by atoms with Gasteiger partial charge in [0.15, 0.2) is 0 Å². The molecule has 0 aromatic rings. The van der Waals surface area contributed by atoms with Gasteiger partial charge in [-0.15, -0.1) is 0 Å². The molecule has 0 saturated carbocycles. The van der Waals surface area contributed by atoms with Crippen molar-refractivity contribution in [2.75, 3.05) is 26.2 Å². The summed E-state index contributed by atoms with van der Waals surface area (Å²) in [6.45, 7) is -6.75. The second-order valence-corrected chi connectivity index (χ2v) is 8.46. The van der Waals surface area contributed by atoms with Crippen LogP contribution in [-0.2, 0) is 19.1 Å². The first kappa shape index (κ1) is 32.1. The van der Waals surface area contributed by atoms with Crippen LogP contribution < -0.4 is 0 Å². The van der Waals surface area contributed by atoms with Crippen molar-refractivity contribution in [1.29, 1.82) is 0 Å². The fourth-order valence-electron chi connectivity index (χ4n) is 3.69. The number of hydrogen-bond donors (Lipinski definition) is 0. The summed E-state index contributed by atoms with van der Waals surface area (Å²) in [6, 6.07) is 0. The van der Waals surface area contributed by atoms with Crippen LogP contribution in [0.4, 0.5) is 79.0 Å². The quantitative estimate of drug-likeness (QED) is 0.439. The lowest BCUT2D eigenvalue weighted by atomic mass is 9.98. The van der Waals surface area contributed by atoms with Crippen molar-refractivity contribution in [3.63, 3.8) is 0 Å². The zero-order chi connectivity index (χ0) is 31.6. The van der Waals surface area contributed by atoms with Gasteiger partial charge in [0.2, 0.25) is 0 Å². The van der Waals surface area contributed by atoms with Crippen molar-refractivity contribution in [1.82, 2.24) is 9.80 Å². The Balaban J connectivity index is 1.81. The number of rotatable bonds is 4. The third-order valence-corrected chi connectivity index (χ3v) is 6.06. The third-order valence-electron chi connectivity index (χ3n) is 6.06. The normalized spacial score (nSPS) is 34.1. The molecule has 232 valence electrons. The van der Waals surface area contributed by atoms with Gasteiger partial charge < -0.3 is 9.80 Å². The van der Waals surface area contributed by atoms with Gasteiger partial charge in [-0.25, -0.2) is 0 Å². The number of nitrogens with zero attached hydrogens (tertiary/aromatic N) is 2. The smallest absolute Gasteiger partial charge is 0.334 e. The molecular weight excluding hydrogens is 626 g/mol. The predicted molar refractivity (Wildman–Crippen MR) is 82.6 cm³/mol. The first-order valence-corrected chi connectivity index (χ1v) is 9.84. The summed E-state index contributed by atoms with van der Waals surface area (Å²) >= 11 is 0. The van der Waals surface area contributed by atoms with Crippen LogP contribution in [0, 0.1) is 0 Å². The lowest BCUT2D eigenvalue weighted by molar-refractivity contribution is -0.369. The molecule has 3 fully saturated rings. The summed E-state index contributed by atoms with van der Waals surface area (Å²) in [5.74, 6) is -61.4. The number of piperazine rings is 1. The fraction of sp³-hybridized carbons (Fsp3) is 0.875. The summed E-state index contributed by atoms with van der Waals surface area (Å²) in [7, 11) is 0. The number of carbonyl (C=O) groups is 2. The van der Waals surface area contributed by atoms with E-state index in [0.717, 1.165) is 0 Å². The standard InChI is InChI=1S/C16H8F18N2O4/c17-7(18,13(29)9(21,22)11(25,26)15(31,32)39-13)5(37)35-1-2-36(4-3-35)6(38)8(19,20)14(30)10(23,24)12(27,28)16(33,34)40-14/h1-4H2/t13-,14-/m0/s1. The van der Waals surface area contributed by atoms with E-state index in [1.165, 1.54) is 0 Å². The Kier molecular flexibility index (Phi) is 6.52. The van der Waals surface area contributed by atoms with E-state index in [2.05, 4.69) is 9.47 Å². The van der Waals surface area contributed by atoms with Crippen molar-refractivity contribution in [2.45, 2.75) is 59.5 Å². The van der Waals surface area contributed by atoms with Crippen LogP contribution in [-0.4, -0.2) is 107 Å². The van der Waals surface area contributed by atoms with Crippen molar-refractivity contribution >= 4 is 11.8 Å². The molecule has 24 heteroatoms. The molecule has 0 spiro atoms. The lowest BCUT2D eigenvalue weighted by Crippen LogP contribution is -2.68. The molecule has 2 amide bonds. The predicted octanol–water partition coefficient (Wildman–Crippen LogP) is 4.05. The Bertz CT molecular complexity index is 1010. The SMILES string of the molecule is O=C(N1CCN(C(=O)C(F)(F)[C@]2(F)OC(F)(F)C(F)(F)C2(F)F)CC1)C(F)(F)[C@]1(F)OC(F)(F)C(F)(F)C1(F)F. The van der Waals surface area contributed by atoms with Crippen molar-refractivity contribution in [3.05, 3.63) is 0 Å². The van der Waals surface area contributed by atoms with E-state index in [9.17, 15) is 88.6 Å². The molecule has 0 N–H and O–H groups in total. The number of halogens is 18. The lowest BCUT2D eigenvalue weighted by Gasteiger charge is -2.40. The second-order valence-electron chi connectivity index (χ2n) is 8.46. The van der Waals surface area contributed by atoms with Gasteiger partial charge in [-0.05, 0) is 0 Å². The number of carbonyl (C=O) groups excluding carboxylic acids is 2. The van der Waals surface area contributed by atoms with Crippen LogP contribution in [0.25, 0.3) is 0 Å². The average molecular weight is 634 g/mol. The van der Waals surface area contributed by atoms with Crippen LogP contribution >= 0.6 is 0 Å². The first-order valence-electron chi connectivity index (χ1n) is 9.84. The van der Waals surface area contributed by atoms with Crippen LogP contribution in [0.2, 0.25) is 0 Å². The summed E-state index contributed by atoms with van der Waals surface area (Å²) in [5.41, 5.74) is 0. The highest BCUT2D eigenvalue weighted by molar-refractivity contribution is 5.87. The molecule has 6 nitrogen and oxygen atoms in total. The van der Waals surface area contributed by atoms with Gasteiger partial charge in [0.05, 0.1) is 0 Å². The maximum atomic E-state index is 14.3. The van der Waals surface area contributed by atoms with Crippen LogP contribution in [0.15, 0.2) is 0 Å². The number of ether oxygens (including phenoxy) is 2. The van der Waals surface area contributed by atoms with Gasteiger partial charge in [0.25, 0.3) is 11.8 Å². The van der Waals surface area contributed by atoms with E-state index in [1.807, 2.05) is 0 Å². The van der Waals surface area contributed by atoms with E-state index >= 15 is 0 Å². The van der Waals surface area contributed by atoms with E-state index < -0.39 is 107 Å². The zero-order valence-electron chi connectivity index (χ0n) is 18.2. The molecule has 3 saturated heterocycles. The molecule has 0 radical (unpaired) electrons. The van der Waals surface area contributed by atoms with Gasteiger partial charge in [0, 0.05) is 26.2 Å². The minimum atomic E-state index is -7.09. The van der Waals surface area contributed by atoms with Crippen molar-refractivity contribution < 1.29 is 98.1 Å². The minimum absolute atomic E-state index is 0.592. The Morgan fingerprint density at radius 2 is 0.700 bits per heavy atom. The highest BCUT2D eigenvalue weighted by Crippen LogP contribution is 2.66. The second kappa shape index (κ2) is 8.12. The van der Waals surface area contributed by atoms with Crippen LogP contribution in [0.1, 0.15) is 0 Å². The van der Waals surface area contributed by atoms with Gasteiger partial charge in [-0.3, -0.25) is 19.1 Å². The van der Waals surface area contributed by atoms with E-state index in [4.69, 9.17) is 0 Å². The van der Waals surface area contributed by atoms with Gasteiger partial charge in [-0.2, -0.15) is 79.0 Å². The summed E-state index contributed by atoms with van der Waals surface area (Å²) in [4.78, 5) is 22.7. The third kappa shape index (κ3) is 3.42. The molecule has 0 aromatic heterocycles. The molecule has 3 rings (SSSR count). The molecule has 2 atom stereocenters. The van der Waals surface area contributed by atoms with Crippen LogP contribution in [0.3, 0.4) is 0 Å². The van der Waals surface area contributed by atoms with Gasteiger partial charge in [0.1, 0.15) is 0 Å². The molecular formula is C16H8F18N2O4. The molecule has 3 aliphatic heterocycles. The summed E-state index contributed by atoms with van der Waals surface area (Å²) in [6.07, 6.45) is -13.2. The number of alkyl halides is 18. The number of hydrogen-bond acceptors (Lipinski definition) is 4. The summed E-state index contributed by atoms with van der Waals surface area (Å²) in [5, 5.41) is 0. The average Bonchev–Trinajstić information content (AvgIpc) is 2.97. The van der Waals surface area contributed by atoms with Crippen LogP contribution in [0.5, 0.6) is 0 Å². The van der Waals surface area contributed by atoms with Gasteiger partial charge in [-0.1, -0.05) is 0 Å². The first-order chi connectivity index (χ1) is 17.4. The van der Waals surface area contributed by atoms with Gasteiger partial charge >= 0.3 is 59.5 Å². The van der Waals surface area contributed by atoms with E-state index in [1.54, 1.807) is 0 Å². The minimum Gasteiger partial charge on any atom is -0.334 e. The highest BCUT2D eigenvalue weighted by Gasteiger charge is 2.97. The zero-order valence-corrected chi connectivity index (χ0v) is 18.2. The van der Waals surface area contributed by atoms with Crippen molar-refractivity contribution in [3.8, 4) is 0 Å². The Labute approximate surface area is 206 Å². The molecule has 3 heterocycles. The maximum absolute atomic E-state index is 14.3. The highest BCUT2D eigenvalue weighted by atomic mass is 19.4. The monoisotopic (exact) mass is 634 g/mol. The maximum Gasteiger partial charge on any atom is 0.428 e. The van der Waals surface area contributed by atoms with Crippen molar-refractivity contribution in [2.24, 2.45) is 0 Å². The Morgan fingerprint density at radius 3 is 0.875 bits per heavy atom. The Hall–Kier alpha value is -2.40. The fourth-order valence-corrected chi connectivity index (χ4v) is 3.69. The molecule has 3 aliphatic rings. The Morgan fingerprint density at radius 1 is 0.475 bits per heavy atom. The molecule has 0 aromatic carbocycles. The van der Waals surface area contributed by atoms with E-state index in [-0.39, 0.29) is 0 Å².